The van der Waals surface area contributed by atoms with Gasteiger partial charge in [0.2, 0.25) is 0 Å². The number of unbranched alkanes of at least 4 members (excludes halogenated alkanes) is 3. The molecule has 1 atom stereocenters. The van der Waals surface area contributed by atoms with E-state index in [0.29, 0.717) is 12.2 Å². The monoisotopic (exact) mass is 534 g/mol. The molecule has 1 unspecified atom stereocenters. The van der Waals surface area contributed by atoms with Crippen molar-refractivity contribution in [1.82, 2.24) is 0 Å². The van der Waals surface area contributed by atoms with E-state index in [1.54, 1.807) is 0 Å². The molecule has 1 aromatic rings. The fourth-order valence-corrected chi connectivity index (χ4v) is 20.1. The summed E-state index contributed by atoms with van der Waals surface area (Å²) < 4.78 is 11.8. The molecule has 0 aromatic heterocycles. The van der Waals surface area contributed by atoms with Gasteiger partial charge in [0.1, 0.15) is 0 Å². The summed E-state index contributed by atoms with van der Waals surface area (Å²) in [5.74, 6) is -0.469. The maximum atomic E-state index is 13.5. The van der Waals surface area contributed by atoms with Gasteiger partial charge in [-0.25, -0.2) is 0 Å². The Kier molecular flexibility index (Phi) is 11.3. The molecule has 0 heterocycles. The van der Waals surface area contributed by atoms with Crippen molar-refractivity contribution in [1.29, 1.82) is 0 Å². The summed E-state index contributed by atoms with van der Waals surface area (Å²) in [5.41, 5.74) is 2.62. The number of Topliss-reactive ketones (excluding diaryl/α,β-unsaturated/α-hetero) is 1. The molecule has 0 saturated carbocycles. The number of aryl methyl sites for hydroxylation is 1. The molecular formula is C27H42O3Sn. The molecule has 1 aromatic carbocycles. The number of benzene rings is 1. The summed E-state index contributed by atoms with van der Waals surface area (Å²) in [5, 5.41) is 0. The minimum atomic E-state index is -2.76. The third-order valence-electron chi connectivity index (χ3n) is 6.73. The van der Waals surface area contributed by atoms with Crippen LogP contribution in [0.2, 0.25) is 13.3 Å². The van der Waals surface area contributed by atoms with E-state index in [0.717, 1.165) is 24.0 Å². The number of hydrogen-bond donors (Lipinski definition) is 0. The van der Waals surface area contributed by atoms with Crippen molar-refractivity contribution < 1.29 is 14.3 Å². The van der Waals surface area contributed by atoms with Crippen LogP contribution in [0.1, 0.15) is 88.6 Å². The van der Waals surface area contributed by atoms with Gasteiger partial charge in [0.15, 0.2) is 0 Å². The van der Waals surface area contributed by atoms with Gasteiger partial charge in [-0.3, -0.25) is 0 Å². The molecule has 2 rings (SSSR count). The van der Waals surface area contributed by atoms with Crippen LogP contribution in [0.5, 0.6) is 0 Å². The van der Waals surface area contributed by atoms with Crippen LogP contribution in [0.25, 0.3) is 0 Å². The van der Waals surface area contributed by atoms with Gasteiger partial charge in [0.25, 0.3) is 0 Å². The zero-order chi connectivity index (χ0) is 22.7. The Labute approximate surface area is 193 Å². The van der Waals surface area contributed by atoms with E-state index >= 15 is 0 Å². The second kappa shape index (κ2) is 13.4. The van der Waals surface area contributed by atoms with Gasteiger partial charge in [-0.2, -0.15) is 0 Å². The van der Waals surface area contributed by atoms with Crippen molar-refractivity contribution in [3.63, 3.8) is 0 Å². The molecule has 3 nitrogen and oxygen atoms in total. The molecule has 0 N–H and O–H groups in total. The first kappa shape index (κ1) is 26.2. The Balaban J connectivity index is 2.51. The van der Waals surface area contributed by atoms with Crippen LogP contribution in [0.15, 0.2) is 33.9 Å². The minimum absolute atomic E-state index is 0.114. The average molecular weight is 533 g/mol. The number of fused-ring (bicyclic) bond motifs is 1. The van der Waals surface area contributed by atoms with Crippen LogP contribution in [-0.4, -0.2) is 36.7 Å². The van der Waals surface area contributed by atoms with E-state index in [1.165, 1.54) is 51.8 Å². The van der Waals surface area contributed by atoms with E-state index in [-0.39, 0.29) is 17.7 Å². The van der Waals surface area contributed by atoms with Gasteiger partial charge in [-0.15, -0.1) is 0 Å². The number of carbonyl (C=O) groups is 2. The zero-order valence-electron chi connectivity index (χ0n) is 20.2. The summed E-state index contributed by atoms with van der Waals surface area (Å²) in [6.07, 6.45) is 8.84. The number of ether oxygens (including phenoxy) is 1. The SMILES string of the molecule is CCC[CH2][Sn](/[CH]=C(\C(=O)OCC)C1CCc2ccccc2C1=O)([CH2]CCC)[CH2]CCC. The molecule has 0 amide bonds. The molecular weight excluding hydrogens is 491 g/mol. The van der Waals surface area contributed by atoms with Crippen LogP contribution in [0, 0.1) is 5.92 Å². The van der Waals surface area contributed by atoms with Gasteiger partial charge in [-0.05, 0) is 0 Å². The van der Waals surface area contributed by atoms with Crippen molar-refractivity contribution in [2.24, 2.45) is 5.92 Å². The van der Waals surface area contributed by atoms with E-state index in [9.17, 15) is 9.59 Å². The van der Waals surface area contributed by atoms with Crippen molar-refractivity contribution in [3.05, 3.63) is 45.1 Å². The van der Waals surface area contributed by atoms with E-state index in [4.69, 9.17) is 4.74 Å². The van der Waals surface area contributed by atoms with Crippen LogP contribution in [0.4, 0.5) is 0 Å². The number of hydrogen-bond acceptors (Lipinski definition) is 3. The Morgan fingerprint density at radius 2 is 1.58 bits per heavy atom. The number of carbonyl (C=O) groups excluding carboxylic acids is 2. The fraction of sp³-hybridized carbons (Fsp3) is 0.630. The third-order valence-corrected chi connectivity index (χ3v) is 20.9. The van der Waals surface area contributed by atoms with Crippen molar-refractivity contribution in [3.8, 4) is 0 Å². The maximum absolute atomic E-state index is 13.5. The van der Waals surface area contributed by atoms with E-state index in [2.05, 4.69) is 24.9 Å². The molecule has 4 heteroatoms. The van der Waals surface area contributed by atoms with Gasteiger partial charge in [0, 0.05) is 0 Å². The number of esters is 1. The molecule has 0 saturated heterocycles. The Morgan fingerprint density at radius 3 is 2.13 bits per heavy atom. The van der Waals surface area contributed by atoms with Crippen molar-refractivity contribution >= 4 is 30.1 Å². The summed E-state index contributed by atoms with van der Waals surface area (Å²) >= 11 is -2.76. The Morgan fingerprint density at radius 1 is 1.00 bits per heavy atom. The molecule has 1 aliphatic carbocycles. The predicted molar refractivity (Wildman–Crippen MR) is 132 cm³/mol. The molecule has 0 bridgehead atoms. The molecule has 0 aliphatic heterocycles. The first-order chi connectivity index (χ1) is 15.0. The van der Waals surface area contributed by atoms with Crippen molar-refractivity contribution in [2.45, 2.75) is 92.4 Å². The standard InChI is InChI=1S/C15H15O3.3C4H9.Sn/c1-3-18-15(17)10(2)12-9-8-11-6-4-5-7-13(11)14(12)16;3*1-3-4-2;/h2,4-7,12H,3,8-9H2,1H3;3*1,3-4H2,2H3;. The van der Waals surface area contributed by atoms with E-state index < -0.39 is 18.4 Å². The van der Waals surface area contributed by atoms with Crippen molar-refractivity contribution in [2.75, 3.05) is 6.61 Å². The quantitative estimate of drug-likeness (QED) is 0.152. The zero-order valence-corrected chi connectivity index (χ0v) is 23.0. The Bertz CT molecular complexity index is 731. The fourth-order valence-electron chi connectivity index (χ4n) is 4.92. The second-order valence-electron chi connectivity index (χ2n) is 9.11. The van der Waals surface area contributed by atoms with Gasteiger partial charge in [0.05, 0.1) is 0 Å². The molecule has 31 heavy (non-hydrogen) atoms. The predicted octanol–water partition coefficient (Wildman–Crippen LogP) is 7.31. The summed E-state index contributed by atoms with van der Waals surface area (Å²) in [7, 11) is 0. The van der Waals surface area contributed by atoms with E-state index in [1.807, 2.05) is 31.2 Å². The number of rotatable bonds is 13. The summed E-state index contributed by atoms with van der Waals surface area (Å²) in [6, 6.07) is 7.90. The molecule has 172 valence electrons. The van der Waals surface area contributed by atoms with Crippen LogP contribution in [-0.2, 0) is 16.0 Å². The molecule has 1 aliphatic rings. The van der Waals surface area contributed by atoms with Crippen LogP contribution >= 0.6 is 0 Å². The molecule has 0 radical (unpaired) electrons. The van der Waals surface area contributed by atoms with Gasteiger partial charge in [-0.1, -0.05) is 0 Å². The first-order valence-corrected chi connectivity index (χ1v) is 20.2. The first-order valence-electron chi connectivity index (χ1n) is 12.5. The normalized spacial score (nSPS) is 16.8. The van der Waals surface area contributed by atoms with Gasteiger partial charge < -0.3 is 0 Å². The Hall–Kier alpha value is -1.10. The molecule has 0 fully saturated rings. The van der Waals surface area contributed by atoms with Crippen LogP contribution in [0.3, 0.4) is 0 Å². The van der Waals surface area contributed by atoms with Crippen LogP contribution < -0.4 is 0 Å². The summed E-state index contributed by atoms with van der Waals surface area (Å²) in [6.45, 7) is 8.99. The third kappa shape index (κ3) is 7.20. The molecule has 0 spiro atoms. The summed E-state index contributed by atoms with van der Waals surface area (Å²) in [4.78, 5) is 26.7. The topological polar surface area (TPSA) is 43.4 Å². The van der Waals surface area contributed by atoms with Gasteiger partial charge >= 0.3 is 194 Å². The second-order valence-corrected chi connectivity index (χ2v) is 22.0. The number of ketones is 1. The average Bonchev–Trinajstić information content (AvgIpc) is 2.79.